The molecule has 0 saturated carbocycles. The van der Waals surface area contributed by atoms with Crippen LogP contribution >= 0.6 is 11.3 Å². The van der Waals surface area contributed by atoms with Crippen molar-refractivity contribution < 1.29 is 9.26 Å². The first kappa shape index (κ1) is 20.5. The van der Waals surface area contributed by atoms with E-state index in [0.717, 1.165) is 28.2 Å². The minimum absolute atomic E-state index is 0.0175. The Hall–Kier alpha value is -3.45. The second kappa shape index (κ2) is 8.59. The van der Waals surface area contributed by atoms with E-state index < -0.39 is 0 Å². The van der Waals surface area contributed by atoms with Crippen LogP contribution < -0.4 is 4.74 Å². The second-order valence-corrected chi connectivity index (χ2v) is 8.78. The van der Waals surface area contributed by atoms with Crippen molar-refractivity contribution in [1.29, 1.82) is 0 Å². The highest BCUT2D eigenvalue weighted by molar-refractivity contribution is 7.16. The summed E-state index contributed by atoms with van der Waals surface area (Å²) in [6.45, 7) is 6.58. The van der Waals surface area contributed by atoms with E-state index in [2.05, 4.69) is 70.3 Å². The van der Waals surface area contributed by atoms with E-state index in [4.69, 9.17) is 9.26 Å². The number of nitrogens with zero attached hydrogens (tertiary/aromatic N) is 4. The van der Waals surface area contributed by atoms with Crippen molar-refractivity contribution >= 4 is 33.5 Å². The van der Waals surface area contributed by atoms with Crippen LogP contribution in [0.3, 0.4) is 0 Å². The van der Waals surface area contributed by atoms with Gasteiger partial charge in [0.25, 0.3) is 0 Å². The van der Waals surface area contributed by atoms with Crippen molar-refractivity contribution in [1.82, 2.24) is 15.0 Å². The molecule has 1 aliphatic rings. The number of fused-ring (bicyclic) bond motifs is 1. The average molecular weight is 445 g/mol. The molecular weight excluding hydrogens is 420 g/mol. The summed E-state index contributed by atoms with van der Waals surface area (Å²) >= 11 is 1.66. The number of rotatable bonds is 6. The molecule has 3 heterocycles. The molecule has 5 rings (SSSR count). The summed E-state index contributed by atoms with van der Waals surface area (Å²) in [6.07, 6.45) is 4.01. The first-order valence-corrected chi connectivity index (χ1v) is 11.5. The molecule has 162 valence electrons. The third kappa shape index (κ3) is 4.03. The van der Waals surface area contributed by atoms with E-state index in [9.17, 15) is 0 Å². The van der Waals surface area contributed by atoms with Crippen LogP contribution in [0.1, 0.15) is 42.5 Å². The van der Waals surface area contributed by atoms with Gasteiger partial charge in [0.15, 0.2) is 5.76 Å². The van der Waals surface area contributed by atoms with Gasteiger partial charge in [-0.15, -0.1) is 11.3 Å². The van der Waals surface area contributed by atoms with Crippen molar-refractivity contribution in [2.24, 2.45) is 4.99 Å². The van der Waals surface area contributed by atoms with E-state index in [0.29, 0.717) is 12.4 Å². The number of thiazole rings is 1. The first-order valence-electron chi connectivity index (χ1n) is 10.6. The molecule has 6 nitrogen and oxygen atoms in total. The number of ether oxygens (including phenoxy) is 1. The molecule has 0 aliphatic carbocycles. The quantitative estimate of drug-likeness (QED) is 0.365. The van der Waals surface area contributed by atoms with Crippen LogP contribution in [-0.2, 0) is 6.61 Å². The molecular formula is C25H24N4O2S. The van der Waals surface area contributed by atoms with Crippen LogP contribution in [0.15, 0.2) is 69.6 Å². The summed E-state index contributed by atoms with van der Waals surface area (Å²) in [4.78, 5) is 11.4. The van der Waals surface area contributed by atoms with Crippen molar-refractivity contribution in [2.45, 2.75) is 39.6 Å². The monoisotopic (exact) mass is 444 g/mol. The van der Waals surface area contributed by atoms with Gasteiger partial charge < -0.3 is 14.2 Å². The standard InChI is InChI=1S/C25H24N4O2S/c1-16-11-22(31-28-16)14-30-21-6-4-5-19(12-21)17(2)29-18(3)26-10-9-24(29)20-7-8-23-25(13-20)32-15-27-23/h4-13,15,17-18H,14H2,1-3H3. The molecule has 2 aromatic carbocycles. The van der Waals surface area contributed by atoms with Gasteiger partial charge in [0.2, 0.25) is 0 Å². The fourth-order valence-electron chi connectivity index (χ4n) is 4.05. The Kier molecular flexibility index (Phi) is 5.49. The fraction of sp³-hybridized carbons (Fsp3) is 0.240. The zero-order chi connectivity index (χ0) is 22.1. The predicted molar refractivity (Wildman–Crippen MR) is 128 cm³/mol. The number of aryl methyl sites for hydroxylation is 1. The molecule has 0 spiro atoms. The second-order valence-electron chi connectivity index (χ2n) is 7.90. The van der Waals surface area contributed by atoms with Crippen molar-refractivity contribution in [2.75, 3.05) is 0 Å². The normalized spacial score (nSPS) is 16.9. The zero-order valence-corrected chi connectivity index (χ0v) is 19.0. The zero-order valence-electron chi connectivity index (χ0n) is 18.2. The van der Waals surface area contributed by atoms with E-state index in [1.807, 2.05) is 36.8 Å². The lowest BCUT2D eigenvalue weighted by Gasteiger charge is -2.38. The molecule has 1 aliphatic heterocycles. The lowest BCUT2D eigenvalue weighted by Crippen LogP contribution is -2.34. The summed E-state index contributed by atoms with van der Waals surface area (Å²) in [7, 11) is 0. The SMILES string of the molecule is Cc1cc(COc2cccc(C(C)N3C(c4ccc5ncsc5c4)=CC=NC3C)c2)on1. The molecule has 0 N–H and O–H groups in total. The van der Waals surface area contributed by atoms with Crippen LogP contribution in [0.5, 0.6) is 5.75 Å². The number of hydrogen-bond acceptors (Lipinski definition) is 7. The van der Waals surface area contributed by atoms with Gasteiger partial charge in [-0.2, -0.15) is 0 Å². The Labute approximate surface area is 190 Å². The third-order valence-electron chi connectivity index (χ3n) is 5.66. The van der Waals surface area contributed by atoms with Crippen LogP contribution in [0.4, 0.5) is 0 Å². The topological polar surface area (TPSA) is 63.8 Å². The van der Waals surface area contributed by atoms with Gasteiger partial charge in [-0.25, -0.2) is 4.98 Å². The summed E-state index contributed by atoms with van der Waals surface area (Å²) in [5, 5.41) is 3.91. The summed E-state index contributed by atoms with van der Waals surface area (Å²) in [6, 6.07) is 16.6. The van der Waals surface area contributed by atoms with Crippen LogP contribution in [0.2, 0.25) is 0 Å². The summed E-state index contributed by atoms with van der Waals surface area (Å²) < 4.78 is 12.4. The van der Waals surface area contributed by atoms with Gasteiger partial charge in [0.05, 0.1) is 27.5 Å². The minimum atomic E-state index is 0.0175. The Morgan fingerprint density at radius 3 is 2.94 bits per heavy atom. The lowest BCUT2D eigenvalue weighted by atomic mass is 10.0. The molecule has 4 aromatic rings. The van der Waals surface area contributed by atoms with E-state index in [1.54, 1.807) is 11.3 Å². The number of aromatic nitrogens is 2. The molecule has 2 unspecified atom stereocenters. The highest BCUT2D eigenvalue weighted by Crippen LogP contribution is 2.36. The Morgan fingerprint density at radius 2 is 2.09 bits per heavy atom. The number of hydrogen-bond donors (Lipinski definition) is 0. The first-order chi connectivity index (χ1) is 15.6. The van der Waals surface area contributed by atoms with Gasteiger partial charge in [-0.1, -0.05) is 23.4 Å². The average Bonchev–Trinajstić information content (AvgIpc) is 3.45. The van der Waals surface area contributed by atoms with Gasteiger partial charge in [-0.3, -0.25) is 4.99 Å². The van der Waals surface area contributed by atoms with Gasteiger partial charge in [0.1, 0.15) is 18.5 Å². The predicted octanol–water partition coefficient (Wildman–Crippen LogP) is 6.01. The maximum Gasteiger partial charge on any atom is 0.174 e. The maximum absolute atomic E-state index is 5.96. The molecule has 2 aromatic heterocycles. The fourth-order valence-corrected chi connectivity index (χ4v) is 4.77. The molecule has 0 saturated heterocycles. The molecule has 0 bridgehead atoms. The third-order valence-corrected chi connectivity index (χ3v) is 6.45. The van der Waals surface area contributed by atoms with Gasteiger partial charge in [-0.05, 0) is 62.2 Å². The number of benzene rings is 2. The Balaban J connectivity index is 1.40. The van der Waals surface area contributed by atoms with Crippen LogP contribution in [0.25, 0.3) is 15.9 Å². The van der Waals surface area contributed by atoms with Crippen molar-refractivity contribution in [3.63, 3.8) is 0 Å². The summed E-state index contributed by atoms with van der Waals surface area (Å²) in [5.41, 5.74) is 7.24. The van der Waals surface area contributed by atoms with E-state index >= 15 is 0 Å². The molecule has 0 amide bonds. The van der Waals surface area contributed by atoms with Crippen LogP contribution in [-0.4, -0.2) is 27.4 Å². The van der Waals surface area contributed by atoms with E-state index in [1.165, 1.54) is 10.3 Å². The summed E-state index contributed by atoms with van der Waals surface area (Å²) in [5.74, 6) is 1.51. The Bertz CT molecular complexity index is 1310. The Morgan fingerprint density at radius 1 is 1.19 bits per heavy atom. The molecule has 0 radical (unpaired) electrons. The smallest absolute Gasteiger partial charge is 0.174 e. The molecule has 32 heavy (non-hydrogen) atoms. The molecule has 7 heteroatoms. The minimum Gasteiger partial charge on any atom is -0.486 e. The van der Waals surface area contributed by atoms with E-state index in [-0.39, 0.29) is 12.2 Å². The number of aliphatic imine (C=N–C) groups is 1. The molecule has 2 atom stereocenters. The largest absolute Gasteiger partial charge is 0.486 e. The van der Waals surface area contributed by atoms with Gasteiger partial charge >= 0.3 is 0 Å². The maximum atomic E-state index is 5.96. The van der Waals surface area contributed by atoms with Gasteiger partial charge in [0, 0.05) is 18.0 Å². The molecule has 0 fully saturated rings. The highest BCUT2D eigenvalue weighted by atomic mass is 32.1. The van der Waals surface area contributed by atoms with Crippen molar-refractivity contribution in [3.8, 4) is 5.75 Å². The van der Waals surface area contributed by atoms with Crippen molar-refractivity contribution in [3.05, 3.63) is 82.7 Å². The highest BCUT2D eigenvalue weighted by Gasteiger charge is 2.26. The lowest BCUT2D eigenvalue weighted by molar-refractivity contribution is 0.242. The number of allylic oxidation sites excluding steroid dienone is 1. The van der Waals surface area contributed by atoms with Crippen LogP contribution in [0, 0.1) is 6.92 Å².